The smallest absolute Gasteiger partial charge is 0.317 e. The minimum atomic E-state index is -0.0531. The molecule has 2 amide bonds. The van der Waals surface area contributed by atoms with Gasteiger partial charge in [0.1, 0.15) is 17.3 Å². The van der Waals surface area contributed by atoms with E-state index in [4.69, 9.17) is 22.2 Å². The first-order chi connectivity index (χ1) is 14.2. The van der Waals surface area contributed by atoms with Gasteiger partial charge in [-0.25, -0.2) is 4.79 Å². The van der Waals surface area contributed by atoms with Crippen molar-refractivity contribution in [2.45, 2.75) is 6.54 Å². The highest BCUT2D eigenvalue weighted by molar-refractivity contribution is 7.80. The van der Waals surface area contributed by atoms with E-state index in [2.05, 4.69) is 34.5 Å². The Morgan fingerprint density at radius 2 is 1.72 bits per heavy atom. The lowest BCUT2D eigenvalue weighted by molar-refractivity contribution is 0.134. The summed E-state index contributed by atoms with van der Waals surface area (Å²) in [5, 5.41) is 11.7. The van der Waals surface area contributed by atoms with Gasteiger partial charge in [0, 0.05) is 38.3 Å². The zero-order valence-electron chi connectivity index (χ0n) is 16.2. The van der Waals surface area contributed by atoms with Crippen LogP contribution in [-0.4, -0.2) is 65.4 Å². The van der Waals surface area contributed by atoms with E-state index in [-0.39, 0.29) is 11.0 Å². The fourth-order valence-corrected chi connectivity index (χ4v) is 3.29. The van der Waals surface area contributed by atoms with Gasteiger partial charge in [0.25, 0.3) is 0 Å². The molecule has 1 aliphatic rings. The molecule has 154 valence electrons. The van der Waals surface area contributed by atoms with Crippen molar-refractivity contribution in [3.05, 3.63) is 65.7 Å². The maximum absolute atomic E-state index is 12.3. The van der Waals surface area contributed by atoms with Crippen LogP contribution >= 0.6 is 12.2 Å². The Labute approximate surface area is 176 Å². The minimum Gasteiger partial charge on any atom is -0.492 e. The van der Waals surface area contributed by atoms with Crippen molar-refractivity contribution in [2.24, 2.45) is 0 Å². The Kier molecular flexibility index (Phi) is 7.80. The van der Waals surface area contributed by atoms with Crippen molar-refractivity contribution in [3.8, 4) is 5.75 Å². The highest BCUT2D eigenvalue weighted by Crippen LogP contribution is 2.12. The standard InChI is InChI=1S/C21H26N4O3S/c26-21(22-10-15-28-19-8-6-18(7-9-19)20(29)23-27)25-13-11-24(12-14-25)16-17-4-2-1-3-5-17/h1-9,27H,10-16H2,(H,22,26)(H,23,29). The van der Waals surface area contributed by atoms with Gasteiger partial charge in [0.2, 0.25) is 0 Å². The molecule has 1 heterocycles. The second-order valence-electron chi connectivity index (χ2n) is 6.79. The fourth-order valence-electron chi connectivity index (χ4n) is 3.16. The Bertz CT molecular complexity index is 793. The first-order valence-electron chi connectivity index (χ1n) is 9.62. The Hall–Kier alpha value is -2.68. The number of hydroxylamine groups is 1. The first-order valence-corrected chi connectivity index (χ1v) is 10.0. The molecule has 0 atom stereocenters. The Balaban J connectivity index is 1.32. The molecular weight excluding hydrogens is 388 g/mol. The van der Waals surface area contributed by atoms with Gasteiger partial charge in [-0.05, 0) is 29.8 Å². The summed E-state index contributed by atoms with van der Waals surface area (Å²) < 4.78 is 5.63. The second kappa shape index (κ2) is 10.8. The van der Waals surface area contributed by atoms with Gasteiger partial charge >= 0.3 is 6.03 Å². The molecule has 8 heteroatoms. The molecule has 1 fully saturated rings. The number of rotatable bonds is 7. The average Bonchev–Trinajstić information content (AvgIpc) is 2.77. The average molecular weight is 415 g/mol. The third-order valence-corrected chi connectivity index (χ3v) is 5.10. The van der Waals surface area contributed by atoms with Crippen LogP contribution < -0.4 is 15.5 Å². The highest BCUT2D eigenvalue weighted by Gasteiger charge is 2.20. The van der Waals surface area contributed by atoms with E-state index in [0.717, 1.165) is 32.7 Å². The van der Waals surface area contributed by atoms with Crippen LogP contribution in [0.2, 0.25) is 0 Å². The zero-order valence-corrected chi connectivity index (χ0v) is 17.0. The van der Waals surface area contributed by atoms with Crippen LogP contribution in [-0.2, 0) is 6.54 Å². The lowest BCUT2D eigenvalue weighted by atomic mass is 10.2. The summed E-state index contributed by atoms with van der Waals surface area (Å²) in [6.45, 7) is 4.91. The number of hydrogen-bond donors (Lipinski definition) is 3. The molecule has 0 bridgehead atoms. The molecule has 2 aromatic carbocycles. The summed E-state index contributed by atoms with van der Waals surface area (Å²) in [7, 11) is 0. The molecule has 3 N–H and O–H groups in total. The van der Waals surface area contributed by atoms with Crippen LogP contribution in [0.15, 0.2) is 54.6 Å². The van der Waals surface area contributed by atoms with Crippen LogP contribution in [0.3, 0.4) is 0 Å². The lowest BCUT2D eigenvalue weighted by Gasteiger charge is -2.34. The van der Waals surface area contributed by atoms with Gasteiger partial charge in [-0.3, -0.25) is 15.6 Å². The number of urea groups is 1. The number of thiocarbonyl (C=S) groups is 1. The third kappa shape index (κ3) is 6.42. The number of amides is 2. The van der Waals surface area contributed by atoms with Gasteiger partial charge in [-0.1, -0.05) is 42.5 Å². The number of carbonyl (C=O) groups is 1. The summed E-state index contributed by atoms with van der Waals surface area (Å²) in [6, 6.07) is 17.4. The molecule has 1 aliphatic heterocycles. The van der Waals surface area contributed by atoms with Crippen LogP contribution in [0.4, 0.5) is 4.79 Å². The van der Waals surface area contributed by atoms with E-state index in [1.807, 2.05) is 16.4 Å². The SMILES string of the molecule is O=C(NCCOc1ccc(C(=S)NO)cc1)N1CCN(Cc2ccccc2)CC1. The maximum Gasteiger partial charge on any atom is 0.317 e. The molecule has 0 aromatic heterocycles. The second-order valence-corrected chi connectivity index (χ2v) is 7.20. The number of benzene rings is 2. The van der Waals surface area contributed by atoms with Crippen LogP contribution in [0, 0.1) is 0 Å². The van der Waals surface area contributed by atoms with E-state index >= 15 is 0 Å². The third-order valence-electron chi connectivity index (χ3n) is 4.77. The first kappa shape index (κ1) is 21.0. The topological polar surface area (TPSA) is 77.1 Å². The summed E-state index contributed by atoms with van der Waals surface area (Å²) >= 11 is 4.94. The molecule has 0 spiro atoms. The molecule has 3 rings (SSSR count). The normalized spacial score (nSPS) is 14.3. The van der Waals surface area contributed by atoms with Gasteiger partial charge < -0.3 is 15.0 Å². The number of nitrogens with one attached hydrogen (secondary N) is 2. The molecule has 0 radical (unpaired) electrons. The van der Waals surface area contributed by atoms with Gasteiger partial charge in [0.15, 0.2) is 0 Å². The van der Waals surface area contributed by atoms with Crippen LogP contribution in [0.25, 0.3) is 0 Å². The Morgan fingerprint density at radius 1 is 1.03 bits per heavy atom. The molecule has 29 heavy (non-hydrogen) atoms. The summed E-state index contributed by atoms with van der Waals surface area (Å²) in [4.78, 5) is 16.8. The van der Waals surface area contributed by atoms with Crippen LogP contribution in [0.1, 0.15) is 11.1 Å². The highest BCUT2D eigenvalue weighted by atomic mass is 32.1. The van der Waals surface area contributed by atoms with Crippen LogP contribution in [0.5, 0.6) is 5.75 Å². The van der Waals surface area contributed by atoms with E-state index in [1.54, 1.807) is 24.3 Å². The molecule has 0 unspecified atom stereocenters. The largest absolute Gasteiger partial charge is 0.492 e. The molecule has 7 nitrogen and oxygen atoms in total. The van der Waals surface area contributed by atoms with Crippen molar-refractivity contribution in [2.75, 3.05) is 39.3 Å². The summed E-state index contributed by atoms with van der Waals surface area (Å²) in [5.41, 5.74) is 3.95. The summed E-state index contributed by atoms with van der Waals surface area (Å²) in [6.07, 6.45) is 0. The maximum atomic E-state index is 12.3. The van der Waals surface area contributed by atoms with Crippen molar-refractivity contribution in [1.82, 2.24) is 20.6 Å². The monoisotopic (exact) mass is 414 g/mol. The van der Waals surface area contributed by atoms with Crippen molar-refractivity contribution >= 4 is 23.2 Å². The summed E-state index contributed by atoms with van der Waals surface area (Å²) in [5.74, 6) is 0.679. The van der Waals surface area contributed by atoms with E-state index in [9.17, 15) is 4.79 Å². The number of piperazine rings is 1. The van der Waals surface area contributed by atoms with Gasteiger partial charge in [0.05, 0.1) is 6.54 Å². The molecule has 2 aromatic rings. The van der Waals surface area contributed by atoms with E-state index in [0.29, 0.717) is 24.5 Å². The van der Waals surface area contributed by atoms with E-state index in [1.165, 1.54) is 5.56 Å². The minimum absolute atomic E-state index is 0.0531. The zero-order chi connectivity index (χ0) is 20.5. The van der Waals surface area contributed by atoms with Crippen molar-refractivity contribution in [3.63, 3.8) is 0 Å². The van der Waals surface area contributed by atoms with Gasteiger partial charge in [-0.15, -0.1) is 0 Å². The molecular formula is C21H26N4O3S. The molecule has 1 saturated heterocycles. The number of carbonyl (C=O) groups excluding carboxylic acids is 1. The quantitative estimate of drug-likeness (QED) is 0.367. The predicted molar refractivity (Wildman–Crippen MR) is 115 cm³/mol. The van der Waals surface area contributed by atoms with E-state index < -0.39 is 0 Å². The fraction of sp³-hybridized carbons (Fsp3) is 0.333. The molecule has 0 saturated carbocycles. The van der Waals surface area contributed by atoms with Gasteiger partial charge in [-0.2, -0.15) is 0 Å². The predicted octanol–water partition coefficient (Wildman–Crippen LogP) is 2.25. The van der Waals surface area contributed by atoms with Crippen molar-refractivity contribution in [1.29, 1.82) is 0 Å². The number of hydrogen-bond acceptors (Lipinski definition) is 5. The molecule has 0 aliphatic carbocycles. The van der Waals surface area contributed by atoms with Crippen molar-refractivity contribution < 1.29 is 14.7 Å². The number of nitrogens with zero attached hydrogens (tertiary/aromatic N) is 2. The number of ether oxygens (including phenoxy) is 1. The Morgan fingerprint density at radius 3 is 2.38 bits per heavy atom. The lowest BCUT2D eigenvalue weighted by Crippen LogP contribution is -2.51.